The fraction of sp³-hybridized carbons (Fsp3) is 0.0952. The summed E-state index contributed by atoms with van der Waals surface area (Å²) in [4.78, 5) is 12.3. The summed E-state index contributed by atoms with van der Waals surface area (Å²) in [5.41, 5.74) is 0.516. The molecule has 5 nitrogen and oxygen atoms in total. The zero-order valence-corrected chi connectivity index (χ0v) is 15.3. The standard InChI is InChI=1S/C21H16ClFO5/c22-20-18(26)11-17(25)19(21(20)27)16(24)10-3-12-1-6-14(7-2-12)28-15-8-4-13(23)5-9-15/h1-2,4-9,11,25-27H,3,10H2. The molecule has 0 fully saturated rings. The Morgan fingerprint density at radius 2 is 1.50 bits per heavy atom. The number of Topliss-reactive ketones (excluding diaryl/α,β-unsaturated/α-hetero) is 1. The van der Waals surface area contributed by atoms with Crippen LogP contribution in [0.5, 0.6) is 28.7 Å². The SMILES string of the molecule is O=C(CCc1ccc(Oc2ccc(F)cc2)cc1)c1c(O)cc(O)c(Cl)c1O. The Bertz CT molecular complexity index is 1000. The van der Waals surface area contributed by atoms with Crippen molar-refractivity contribution in [2.24, 2.45) is 0 Å². The Morgan fingerprint density at radius 3 is 2.11 bits per heavy atom. The quantitative estimate of drug-likeness (QED) is 0.493. The summed E-state index contributed by atoms with van der Waals surface area (Å²) in [6.07, 6.45) is 0.368. The van der Waals surface area contributed by atoms with Crippen LogP contribution in [-0.2, 0) is 6.42 Å². The Kier molecular flexibility index (Phi) is 5.70. The predicted molar refractivity (Wildman–Crippen MR) is 102 cm³/mol. The lowest BCUT2D eigenvalue weighted by atomic mass is 10.0. The molecule has 0 aliphatic carbocycles. The summed E-state index contributed by atoms with van der Waals surface area (Å²) < 4.78 is 18.5. The second-order valence-corrected chi connectivity index (χ2v) is 6.45. The van der Waals surface area contributed by atoms with Gasteiger partial charge in [-0.2, -0.15) is 0 Å². The van der Waals surface area contributed by atoms with E-state index in [9.17, 15) is 24.5 Å². The molecule has 0 bridgehead atoms. The number of carbonyl (C=O) groups excluding carboxylic acids is 1. The van der Waals surface area contributed by atoms with Crippen LogP contribution in [0.2, 0.25) is 5.02 Å². The number of aryl methyl sites for hydroxylation is 1. The number of aromatic hydroxyl groups is 3. The molecular weight excluding hydrogens is 387 g/mol. The Morgan fingerprint density at radius 1 is 0.929 bits per heavy atom. The van der Waals surface area contributed by atoms with Gasteiger partial charge in [0.05, 0.1) is 0 Å². The second-order valence-electron chi connectivity index (χ2n) is 6.08. The van der Waals surface area contributed by atoms with Crippen molar-refractivity contribution in [3.63, 3.8) is 0 Å². The average Bonchev–Trinajstić information content (AvgIpc) is 2.67. The third kappa shape index (κ3) is 4.35. The zero-order chi connectivity index (χ0) is 20.3. The first-order valence-electron chi connectivity index (χ1n) is 8.34. The van der Waals surface area contributed by atoms with E-state index in [0.717, 1.165) is 11.6 Å². The molecule has 0 unspecified atom stereocenters. The summed E-state index contributed by atoms with van der Waals surface area (Å²) in [5, 5.41) is 28.8. The molecule has 0 saturated heterocycles. The minimum atomic E-state index is -0.646. The number of carbonyl (C=O) groups is 1. The molecule has 0 aliphatic rings. The largest absolute Gasteiger partial charge is 0.507 e. The van der Waals surface area contributed by atoms with Crippen molar-refractivity contribution < 1.29 is 29.2 Å². The minimum Gasteiger partial charge on any atom is -0.507 e. The topological polar surface area (TPSA) is 87.0 Å². The molecule has 144 valence electrons. The molecule has 3 rings (SSSR count). The van der Waals surface area contributed by atoms with E-state index in [1.54, 1.807) is 24.3 Å². The van der Waals surface area contributed by atoms with Crippen LogP contribution in [-0.4, -0.2) is 21.1 Å². The normalized spacial score (nSPS) is 10.6. The molecule has 28 heavy (non-hydrogen) atoms. The number of hydrogen-bond donors (Lipinski definition) is 3. The highest BCUT2D eigenvalue weighted by Crippen LogP contribution is 2.41. The van der Waals surface area contributed by atoms with Crippen LogP contribution < -0.4 is 4.74 Å². The second kappa shape index (κ2) is 8.19. The molecule has 0 atom stereocenters. The molecule has 3 aromatic rings. The number of hydrogen-bond acceptors (Lipinski definition) is 5. The van der Waals surface area contributed by atoms with Gasteiger partial charge in [0.15, 0.2) is 11.5 Å². The molecule has 3 N–H and O–H groups in total. The fourth-order valence-corrected chi connectivity index (χ4v) is 2.79. The molecule has 0 aliphatic heterocycles. The molecule has 0 radical (unpaired) electrons. The number of phenolic OH excluding ortho intramolecular Hbond substituents is 3. The minimum absolute atomic E-state index is 0.0143. The fourth-order valence-electron chi connectivity index (χ4n) is 2.64. The van der Waals surface area contributed by atoms with Gasteiger partial charge in [0.2, 0.25) is 0 Å². The van der Waals surface area contributed by atoms with Gasteiger partial charge in [0.1, 0.15) is 39.4 Å². The van der Waals surface area contributed by atoms with Crippen LogP contribution in [0.4, 0.5) is 4.39 Å². The van der Waals surface area contributed by atoms with Gasteiger partial charge in [-0.15, -0.1) is 0 Å². The van der Waals surface area contributed by atoms with E-state index in [4.69, 9.17) is 16.3 Å². The molecule has 0 amide bonds. The number of ketones is 1. The predicted octanol–water partition coefficient (Wildman–Crippen LogP) is 5.20. The highest BCUT2D eigenvalue weighted by atomic mass is 35.5. The van der Waals surface area contributed by atoms with Gasteiger partial charge >= 0.3 is 0 Å². The molecule has 7 heteroatoms. The lowest BCUT2D eigenvalue weighted by molar-refractivity contribution is 0.0977. The van der Waals surface area contributed by atoms with E-state index < -0.39 is 23.0 Å². The summed E-state index contributed by atoms with van der Waals surface area (Å²) in [6.45, 7) is 0. The van der Waals surface area contributed by atoms with Gasteiger partial charge < -0.3 is 20.1 Å². The van der Waals surface area contributed by atoms with E-state index in [1.165, 1.54) is 24.3 Å². The van der Waals surface area contributed by atoms with Crippen molar-refractivity contribution in [1.82, 2.24) is 0 Å². The number of ether oxygens (including phenoxy) is 1. The smallest absolute Gasteiger partial charge is 0.170 e. The van der Waals surface area contributed by atoms with Gasteiger partial charge in [-0.25, -0.2) is 4.39 Å². The van der Waals surface area contributed by atoms with Gasteiger partial charge in [0, 0.05) is 12.5 Å². The van der Waals surface area contributed by atoms with Gasteiger partial charge in [-0.05, 0) is 48.4 Å². The van der Waals surface area contributed by atoms with Gasteiger partial charge in [0.25, 0.3) is 0 Å². The van der Waals surface area contributed by atoms with Crippen molar-refractivity contribution in [2.45, 2.75) is 12.8 Å². The monoisotopic (exact) mass is 402 g/mol. The van der Waals surface area contributed by atoms with Gasteiger partial charge in [-0.3, -0.25) is 4.79 Å². The van der Waals surface area contributed by atoms with E-state index >= 15 is 0 Å². The maximum absolute atomic E-state index is 12.9. The summed E-state index contributed by atoms with van der Waals surface area (Å²) in [7, 11) is 0. The van der Waals surface area contributed by atoms with E-state index in [2.05, 4.69) is 0 Å². The van der Waals surface area contributed by atoms with Crippen molar-refractivity contribution in [3.05, 3.63) is 76.6 Å². The Labute approximate surface area is 165 Å². The Hall–Kier alpha value is -3.25. The molecular formula is C21H16ClFO5. The first-order valence-corrected chi connectivity index (χ1v) is 8.72. The highest BCUT2D eigenvalue weighted by molar-refractivity contribution is 6.34. The number of phenols is 3. The molecule has 0 heterocycles. The lowest BCUT2D eigenvalue weighted by Gasteiger charge is -2.10. The van der Waals surface area contributed by atoms with E-state index in [0.29, 0.717) is 17.9 Å². The first-order chi connectivity index (χ1) is 13.3. The van der Waals surface area contributed by atoms with Gasteiger partial charge in [-0.1, -0.05) is 23.7 Å². The molecule has 3 aromatic carbocycles. The van der Waals surface area contributed by atoms with E-state index in [1.807, 2.05) is 0 Å². The molecule has 0 aromatic heterocycles. The van der Waals surface area contributed by atoms with Crippen LogP contribution in [0.3, 0.4) is 0 Å². The van der Waals surface area contributed by atoms with Crippen molar-refractivity contribution in [3.8, 4) is 28.7 Å². The third-order valence-corrected chi connectivity index (χ3v) is 4.46. The van der Waals surface area contributed by atoms with Crippen LogP contribution in [0, 0.1) is 5.82 Å². The van der Waals surface area contributed by atoms with Crippen LogP contribution in [0.1, 0.15) is 22.3 Å². The number of benzene rings is 3. The molecule has 0 spiro atoms. The number of rotatable bonds is 6. The van der Waals surface area contributed by atoms with Crippen LogP contribution >= 0.6 is 11.6 Å². The first kappa shape index (κ1) is 19.5. The Balaban J connectivity index is 1.64. The maximum atomic E-state index is 12.9. The summed E-state index contributed by atoms with van der Waals surface area (Å²) >= 11 is 5.71. The van der Waals surface area contributed by atoms with Crippen molar-refractivity contribution in [2.75, 3.05) is 0 Å². The van der Waals surface area contributed by atoms with E-state index in [-0.39, 0.29) is 22.8 Å². The van der Waals surface area contributed by atoms with Crippen molar-refractivity contribution >= 4 is 17.4 Å². The molecule has 0 saturated carbocycles. The highest BCUT2D eigenvalue weighted by Gasteiger charge is 2.21. The average molecular weight is 403 g/mol. The van der Waals surface area contributed by atoms with Crippen molar-refractivity contribution in [1.29, 1.82) is 0 Å². The third-order valence-electron chi connectivity index (χ3n) is 4.09. The number of halogens is 2. The summed E-state index contributed by atoms with van der Waals surface area (Å²) in [5.74, 6) is -1.49. The summed E-state index contributed by atoms with van der Waals surface area (Å²) in [6, 6.07) is 13.5. The van der Waals surface area contributed by atoms with Crippen LogP contribution in [0.25, 0.3) is 0 Å². The van der Waals surface area contributed by atoms with Crippen LogP contribution in [0.15, 0.2) is 54.6 Å². The zero-order valence-electron chi connectivity index (χ0n) is 14.5. The lowest BCUT2D eigenvalue weighted by Crippen LogP contribution is -2.02. The maximum Gasteiger partial charge on any atom is 0.170 e.